The second-order valence-corrected chi connectivity index (χ2v) is 8.53. The van der Waals surface area contributed by atoms with Crippen molar-refractivity contribution in [3.8, 4) is 17.5 Å². The Morgan fingerprint density at radius 1 is 1.13 bits per heavy atom. The lowest BCUT2D eigenvalue weighted by Crippen LogP contribution is -2.39. The number of nitrogens with one attached hydrogen (secondary N) is 2. The molecule has 0 unspecified atom stereocenters. The Balaban J connectivity index is 1.52. The second-order valence-electron chi connectivity index (χ2n) is 7.71. The van der Waals surface area contributed by atoms with Crippen LogP contribution in [0.15, 0.2) is 38.0 Å². The molecule has 1 aromatic heterocycles. The molecule has 2 aromatic rings. The maximum atomic E-state index is 12.1. The van der Waals surface area contributed by atoms with Crippen LogP contribution < -0.4 is 21.4 Å². The number of benzene rings is 1. The van der Waals surface area contributed by atoms with Gasteiger partial charge in [0, 0.05) is 5.57 Å². The molecule has 1 saturated carbocycles. The number of fused-ring (bicyclic) bond motifs is 2. The lowest BCUT2D eigenvalue weighted by molar-refractivity contribution is 0.288. The molecule has 2 N–H and O–H groups in total. The molecule has 9 nitrogen and oxygen atoms in total. The number of aromatic amines is 1. The van der Waals surface area contributed by atoms with Gasteiger partial charge in [-0.15, -0.1) is 10.2 Å². The first-order chi connectivity index (χ1) is 15.0. The fraction of sp³-hybridized carbons (Fsp3) is 0.350. The Morgan fingerprint density at radius 2 is 1.81 bits per heavy atom. The van der Waals surface area contributed by atoms with Crippen LogP contribution in [0.3, 0.4) is 0 Å². The quantitative estimate of drug-likeness (QED) is 0.711. The van der Waals surface area contributed by atoms with Gasteiger partial charge in [-0.2, -0.15) is 9.94 Å². The van der Waals surface area contributed by atoms with E-state index in [0.29, 0.717) is 17.7 Å². The Kier molecular flexibility index (Phi) is 4.84. The van der Waals surface area contributed by atoms with Crippen molar-refractivity contribution in [3.63, 3.8) is 0 Å². The van der Waals surface area contributed by atoms with Crippen molar-refractivity contribution < 1.29 is 4.74 Å². The summed E-state index contributed by atoms with van der Waals surface area (Å²) in [7, 11) is 0. The van der Waals surface area contributed by atoms with Crippen molar-refractivity contribution in [2.75, 3.05) is 6.54 Å². The van der Waals surface area contributed by atoms with Crippen molar-refractivity contribution in [1.82, 2.24) is 20.2 Å². The summed E-state index contributed by atoms with van der Waals surface area (Å²) in [6.07, 6.45) is 4.63. The van der Waals surface area contributed by atoms with E-state index < -0.39 is 16.9 Å². The first kappa shape index (κ1) is 19.8. The number of nitriles is 1. The Morgan fingerprint density at radius 3 is 2.48 bits per heavy atom. The molecular weight excluding hydrogens is 443 g/mol. The van der Waals surface area contributed by atoms with E-state index in [-0.39, 0.29) is 21.5 Å². The number of ether oxygens (including phenoxy) is 1. The van der Waals surface area contributed by atoms with Crippen LogP contribution in [0.4, 0.5) is 0 Å². The molecule has 0 saturated heterocycles. The van der Waals surface area contributed by atoms with Gasteiger partial charge >= 0.3 is 5.69 Å². The third-order valence-corrected chi connectivity index (χ3v) is 6.58. The van der Waals surface area contributed by atoms with Crippen LogP contribution >= 0.6 is 23.2 Å². The number of H-pyrrole nitrogens is 1. The summed E-state index contributed by atoms with van der Waals surface area (Å²) in [6, 6.07) is 4.49. The van der Waals surface area contributed by atoms with Crippen LogP contribution in [0.5, 0.6) is 5.75 Å². The number of rotatable bonds is 2. The molecular formula is C20H16Cl2N6O3. The van der Waals surface area contributed by atoms with Gasteiger partial charge in [-0.3, -0.25) is 9.78 Å². The summed E-state index contributed by atoms with van der Waals surface area (Å²) in [5, 5.41) is 17.4. The number of hydrogen-bond acceptors (Lipinski definition) is 7. The highest BCUT2D eigenvalue weighted by atomic mass is 35.5. The van der Waals surface area contributed by atoms with Gasteiger partial charge in [0.2, 0.25) is 11.6 Å². The number of nitrogens with zero attached hydrogens (tertiary/aromatic N) is 4. The van der Waals surface area contributed by atoms with E-state index >= 15 is 0 Å². The highest BCUT2D eigenvalue weighted by Gasteiger charge is 2.39. The standard InChI is InChI=1S/C20H16Cl2N6O3/c21-13-5-11(28-20(30)25-18(29)15(7-23)27-28)6-14(22)17(13)31-19-16-10-3-1-9(2-4-10)12(16)8-24-26-19/h5-6,9-10,24H,1-4,8H2,(H,25,29,30). The lowest BCUT2D eigenvalue weighted by atomic mass is 9.66. The molecule has 1 aromatic carbocycles. The van der Waals surface area contributed by atoms with Crippen LogP contribution in [-0.2, 0) is 0 Å². The highest BCUT2D eigenvalue weighted by Crippen LogP contribution is 2.47. The minimum absolute atomic E-state index is 0.136. The van der Waals surface area contributed by atoms with Gasteiger partial charge in [0.25, 0.3) is 5.56 Å². The summed E-state index contributed by atoms with van der Waals surface area (Å²) in [4.78, 5) is 25.8. The van der Waals surface area contributed by atoms with Gasteiger partial charge in [-0.25, -0.2) is 4.79 Å². The van der Waals surface area contributed by atoms with E-state index in [0.717, 1.165) is 29.6 Å². The van der Waals surface area contributed by atoms with Crippen LogP contribution in [0.2, 0.25) is 10.0 Å². The van der Waals surface area contributed by atoms with Gasteiger partial charge in [0.15, 0.2) is 5.75 Å². The molecule has 0 atom stereocenters. The summed E-state index contributed by atoms with van der Waals surface area (Å²) in [5.41, 5.74) is 3.58. The topological polar surface area (TPSA) is 125 Å². The molecule has 2 heterocycles. The molecule has 0 radical (unpaired) electrons. The van der Waals surface area contributed by atoms with Gasteiger partial charge in [-0.05, 0) is 55.2 Å². The first-order valence-corrected chi connectivity index (χ1v) is 10.6. The van der Waals surface area contributed by atoms with Gasteiger partial charge in [0.1, 0.15) is 6.07 Å². The number of hydrazone groups is 1. The molecule has 3 aliphatic carbocycles. The van der Waals surface area contributed by atoms with Gasteiger partial charge < -0.3 is 10.2 Å². The van der Waals surface area contributed by atoms with E-state index in [1.54, 1.807) is 6.07 Å². The average Bonchev–Trinajstić information content (AvgIpc) is 2.77. The SMILES string of the molecule is N#Cc1nn(-c2cc(Cl)c(OC3=NNCC4=C3C3CCC4CC3)c(Cl)c2)c(=O)[nH]c1=O. The van der Waals surface area contributed by atoms with Crippen molar-refractivity contribution in [1.29, 1.82) is 5.26 Å². The first-order valence-electron chi connectivity index (χ1n) is 9.81. The van der Waals surface area contributed by atoms with Crippen molar-refractivity contribution >= 4 is 29.1 Å². The van der Waals surface area contributed by atoms with Crippen LogP contribution in [0.1, 0.15) is 31.4 Å². The van der Waals surface area contributed by atoms with Gasteiger partial charge in [-0.1, -0.05) is 23.2 Å². The normalized spacial score (nSPS) is 21.8. The molecule has 158 valence electrons. The number of aromatic nitrogens is 3. The molecule has 0 spiro atoms. The molecule has 31 heavy (non-hydrogen) atoms. The zero-order valence-electron chi connectivity index (χ0n) is 16.1. The Labute approximate surface area is 185 Å². The van der Waals surface area contributed by atoms with E-state index in [9.17, 15) is 9.59 Å². The van der Waals surface area contributed by atoms with E-state index in [1.165, 1.54) is 30.5 Å². The second kappa shape index (κ2) is 7.55. The molecule has 6 rings (SSSR count). The van der Waals surface area contributed by atoms with E-state index in [1.807, 2.05) is 4.98 Å². The lowest BCUT2D eigenvalue weighted by Gasteiger charge is -2.41. The fourth-order valence-electron chi connectivity index (χ4n) is 4.61. The Bertz CT molecular complexity index is 1290. The van der Waals surface area contributed by atoms with E-state index in [4.69, 9.17) is 33.2 Å². The Hall–Kier alpha value is -3.09. The molecule has 0 amide bonds. The average molecular weight is 459 g/mol. The molecule has 2 bridgehead atoms. The minimum Gasteiger partial charge on any atom is -0.434 e. The third-order valence-electron chi connectivity index (χ3n) is 6.01. The number of hydrogen-bond donors (Lipinski definition) is 2. The maximum absolute atomic E-state index is 12.1. The van der Waals surface area contributed by atoms with Crippen LogP contribution in [-0.4, -0.2) is 27.2 Å². The zero-order chi connectivity index (χ0) is 21.7. The van der Waals surface area contributed by atoms with Crippen LogP contribution in [0.25, 0.3) is 5.69 Å². The fourth-order valence-corrected chi connectivity index (χ4v) is 5.16. The maximum Gasteiger partial charge on any atom is 0.349 e. The summed E-state index contributed by atoms with van der Waals surface area (Å²) < 4.78 is 6.92. The monoisotopic (exact) mass is 458 g/mol. The predicted molar refractivity (Wildman–Crippen MR) is 114 cm³/mol. The highest BCUT2D eigenvalue weighted by molar-refractivity contribution is 6.37. The van der Waals surface area contributed by atoms with Crippen LogP contribution in [0, 0.1) is 23.2 Å². The van der Waals surface area contributed by atoms with Gasteiger partial charge in [0.05, 0.1) is 22.3 Å². The summed E-state index contributed by atoms with van der Waals surface area (Å²) in [5.74, 6) is 1.66. The van der Waals surface area contributed by atoms with Crippen molar-refractivity contribution in [3.05, 3.63) is 59.9 Å². The summed E-state index contributed by atoms with van der Waals surface area (Å²) >= 11 is 12.9. The summed E-state index contributed by atoms with van der Waals surface area (Å²) in [6.45, 7) is 0.728. The third kappa shape index (κ3) is 3.32. The molecule has 1 fully saturated rings. The largest absolute Gasteiger partial charge is 0.434 e. The number of halogens is 2. The molecule has 4 aliphatic rings. The van der Waals surface area contributed by atoms with E-state index in [2.05, 4.69) is 15.6 Å². The minimum atomic E-state index is -0.866. The zero-order valence-corrected chi connectivity index (χ0v) is 17.6. The van der Waals surface area contributed by atoms with Crippen molar-refractivity contribution in [2.45, 2.75) is 25.7 Å². The molecule has 1 aliphatic heterocycles. The van der Waals surface area contributed by atoms with Crippen molar-refractivity contribution in [2.24, 2.45) is 16.9 Å². The molecule has 11 heteroatoms. The smallest absolute Gasteiger partial charge is 0.349 e. The predicted octanol–water partition coefficient (Wildman–Crippen LogP) is 2.51.